The van der Waals surface area contributed by atoms with E-state index in [0.717, 1.165) is 0 Å². The van der Waals surface area contributed by atoms with Crippen LogP contribution in [0.4, 0.5) is 0 Å². The fourth-order valence-electron chi connectivity index (χ4n) is 0.902. The van der Waals surface area contributed by atoms with Gasteiger partial charge in [-0.3, -0.25) is 0 Å². The van der Waals surface area contributed by atoms with Gasteiger partial charge in [0.25, 0.3) is 0 Å². The van der Waals surface area contributed by atoms with Gasteiger partial charge in [0.1, 0.15) is 0 Å². The molecule has 6 heteroatoms. The van der Waals surface area contributed by atoms with Crippen LogP contribution in [0.25, 0.3) is 0 Å². The first-order valence-electron chi connectivity index (χ1n) is 3.88. The number of carboxylic acids is 2. The number of hydrogen-bond donors (Lipinski definition) is 2. The number of aryl methyl sites for hydroxylation is 1. The number of rotatable bonds is 3. The van der Waals surface area contributed by atoms with Crippen LogP contribution in [0.3, 0.4) is 0 Å². The molecule has 0 aliphatic carbocycles. The van der Waals surface area contributed by atoms with Crippen molar-refractivity contribution >= 4 is 11.9 Å². The maximum absolute atomic E-state index is 10.6. The lowest BCUT2D eigenvalue weighted by Crippen LogP contribution is -2.14. The Kier molecular flexibility index (Phi) is 2.76. The van der Waals surface area contributed by atoms with Crippen molar-refractivity contribution in [2.75, 3.05) is 0 Å². The van der Waals surface area contributed by atoms with Crippen LogP contribution in [0.15, 0.2) is 6.20 Å². The van der Waals surface area contributed by atoms with Gasteiger partial charge in [-0.15, -0.1) is 0 Å². The molecule has 0 saturated heterocycles. The summed E-state index contributed by atoms with van der Waals surface area (Å²) in [6.07, 6.45) is 1.77. The third-order valence-electron chi connectivity index (χ3n) is 1.59. The third kappa shape index (κ3) is 1.85. The highest BCUT2D eigenvalue weighted by molar-refractivity contribution is 5.98. The monoisotopic (exact) mass is 196 g/mol. The molecule has 0 fully saturated rings. The van der Waals surface area contributed by atoms with Crippen molar-refractivity contribution in [1.82, 2.24) is 9.97 Å². The van der Waals surface area contributed by atoms with Crippen molar-refractivity contribution in [3.63, 3.8) is 0 Å². The van der Waals surface area contributed by atoms with Gasteiger partial charge in [0, 0.05) is 6.20 Å². The van der Waals surface area contributed by atoms with E-state index in [9.17, 15) is 9.59 Å². The van der Waals surface area contributed by atoms with E-state index < -0.39 is 23.3 Å². The Balaban J connectivity index is 3.31. The molecule has 0 radical (unpaired) electrons. The predicted molar refractivity (Wildman–Crippen MR) is 45.3 cm³/mol. The molecule has 1 aromatic rings. The van der Waals surface area contributed by atoms with Crippen molar-refractivity contribution in [1.29, 1.82) is 0 Å². The molecule has 6 nitrogen and oxygen atoms in total. The number of nitrogens with zero attached hydrogens (tertiary/aromatic N) is 2. The largest absolute Gasteiger partial charge is 0.476 e. The molecule has 1 rings (SSSR count). The summed E-state index contributed by atoms with van der Waals surface area (Å²) in [6, 6.07) is 0. The van der Waals surface area contributed by atoms with Gasteiger partial charge in [0.05, 0.1) is 5.69 Å². The molecule has 1 heterocycles. The van der Waals surface area contributed by atoms with Crippen molar-refractivity contribution in [3.05, 3.63) is 23.3 Å². The molecule has 0 unspecified atom stereocenters. The molecule has 0 aliphatic heterocycles. The van der Waals surface area contributed by atoms with E-state index in [1.165, 1.54) is 6.20 Å². The lowest BCUT2D eigenvalue weighted by molar-refractivity contribution is 0.0640. The van der Waals surface area contributed by atoms with Crippen molar-refractivity contribution in [3.8, 4) is 0 Å². The summed E-state index contributed by atoms with van der Waals surface area (Å²) < 4.78 is 0. The topological polar surface area (TPSA) is 100 Å². The zero-order valence-electron chi connectivity index (χ0n) is 7.39. The van der Waals surface area contributed by atoms with Gasteiger partial charge in [-0.1, -0.05) is 6.92 Å². The fourth-order valence-corrected chi connectivity index (χ4v) is 0.902. The van der Waals surface area contributed by atoms with E-state index in [2.05, 4.69) is 9.97 Å². The molecule has 0 saturated carbocycles. The fraction of sp³-hybridized carbons (Fsp3) is 0.250. The highest BCUT2D eigenvalue weighted by atomic mass is 16.4. The molecule has 0 bridgehead atoms. The Hall–Kier alpha value is -1.98. The van der Waals surface area contributed by atoms with Crippen molar-refractivity contribution in [2.45, 2.75) is 13.3 Å². The van der Waals surface area contributed by atoms with E-state index in [1.54, 1.807) is 6.92 Å². The number of hydrogen-bond acceptors (Lipinski definition) is 4. The Morgan fingerprint density at radius 1 is 1.29 bits per heavy atom. The lowest BCUT2D eigenvalue weighted by atomic mass is 10.2. The SMILES string of the molecule is CCc1cnc(C(=O)O)c(C(=O)O)n1. The summed E-state index contributed by atoms with van der Waals surface area (Å²) in [6.45, 7) is 1.77. The number of aromatic nitrogens is 2. The van der Waals surface area contributed by atoms with E-state index in [0.29, 0.717) is 12.1 Å². The average Bonchev–Trinajstić information content (AvgIpc) is 2.16. The highest BCUT2D eigenvalue weighted by Gasteiger charge is 2.19. The van der Waals surface area contributed by atoms with Gasteiger partial charge in [-0.25, -0.2) is 19.6 Å². The molecule has 0 spiro atoms. The third-order valence-corrected chi connectivity index (χ3v) is 1.59. The Morgan fingerprint density at radius 2 is 1.86 bits per heavy atom. The molecule has 0 aliphatic rings. The maximum atomic E-state index is 10.6. The summed E-state index contributed by atoms with van der Waals surface area (Å²) in [7, 11) is 0. The molecular weight excluding hydrogens is 188 g/mol. The molecular formula is C8H8N2O4. The summed E-state index contributed by atoms with van der Waals surface area (Å²) in [5, 5.41) is 17.3. The number of carbonyl (C=O) groups is 2. The standard InChI is InChI=1S/C8H8N2O4/c1-2-4-3-9-5(7(11)12)6(10-4)8(13)14/h3H,2H2,1H3,(H,11,12)(H,13,14). The minimum absolute atomic E-state index is 0.451. The second-order valence-electron chi connectivity index (χ2n) is 2.52. The number of aromatic carboxylic acids is 2. The molecule has 74 valence electrons. The van der Waals surface area contributed by atoms with Crippen LogP contribution in [0.2, 0.25) is 0 Å². The normalized spacial score (nSPS) is 9.79. The van der Waals surface area contributed by atoms with Crippen LogP contribution in [0.1, 0.15) is 33.6 Å². The highest BCUT2D eigenvalue weighted by Crippen LogP contribution is 2.05. The van der Waals surface area contributed by atoms with Gasteiger partial charge in [0.15, 0.2) is 11.4 Å². The minimum Gasteiger partial charge on any atom is -0.476 e. The van der Waals surface area contributed by atoms with Crippen LogP contribution in [0.5, 0.6) is 0 Å². The van der Waals surface area contributed by atoms with E-state index in [-0.39, 0.29) is 0 Å². The Bertz CT molecular complexity index is 389. The van der Waals surface area contributed by atoms with Gasteiger partial charge in [0.2, 0.25) is 0 Å². The minimum atomic E-state index is -1.39. The first-order chi connectivity index (χ1) is 6.56. The van der Waals surface area contributed by atoms with Crippen LogP contribution >= 0.6 is 0 Å². The van der Waals surface area contributed by atoms with E-state index >= 15 is 0 Å². The van der Waals surface area contributed by atoms with E-state index in [4.69, 9.17) is 10.2 Å². The number of carboxylic acid groups (broad SMARTS) is 2. The molecule has 0 aromatic carbocycles. The van der Waals surface area contributed by atoms with Gasteiger partial charge in [-0.05, 0) is 6.42 Å². The predicted octanol–water partition coefficient (Wildman–Crippen LogP) is 0.435. The Labute approximate surface area is 79.2 Å². The van der Waals surface area contributed by atoms with Crippen molar-refractivity contribution in [2.24, 2.45) is 0 Å². The van der Waals surface area contributed by atoms with Crippen LogP contribution in [0, 0.1) is 0 Å². The molecule has 14 heavy (non-hydrogen) atoms. The second kappa shape index (κ2) is 3.82. The van der Waals surface area contributed by atoms with Crippen molar-refractivity contribution < 1.29 is 19.8 Å². The lowest BCUT2D eigenvalue weighted by Gasteiger charge is -2.01. The van der Waals surface area contributed by atoms with Gasteiger partial charge in [-0.2, -0.15) is 0 Å². The van der Waals surface area contributed by atoms with E-state index in [1.807, 2.05) is 0 Å². The maximum Gasteiger partial charge on any atom is 0.357 e. The van der Waals surface area contributed by atoms with Crippen LogP contribution in [-0.4, -0.2) is 32.1 Å². The zero-order chi connectivity index (χ0) is 10.7. The van der Waals surface area contributed by atoms with Gasteiger partial charge < -0.3 is 10.2 Å². The van der Waals surface area contributed by atoms with Crippen LogP contribution in [-0.2, 0) is 6.42 Å². The van der Waals surface area contributed by atoms with Crippen LogP contribution < -0.4 is 0 Å². The summed E-state index contributed by atoms with van der Waals surface area (Å²) in [5.41, 5.74) is -0.598. The zero-order valence-corrected chi connectivity index (χ0v) is 7.39. The Morgan fingerprint density at radius 3 is 2.29 bits per heavy atom. The molecule has 1 aromatic heterocycles. The quantitative estimate of drug-likeness (QED) is 0.727. The summed E-state index contributed by atoms with van der Waals surface area (Å²) in [4.78, 5) is 28.4. The molecule has 0 amide bonds. The first-order valence-corrected chi connectivity index (χ1v) is 3.88. The summed E-state index contributed by atoms with van der Waals surface area (Å²) in [5.74, 6) is -2.78. The summed E-state index contributed by atoms with van der Waals surface area (Å²) >= 11 is 0. The first kappa shape index (κ1) is 10.1. The van der Waals surface area contributed by atoms with Gasteiger partial charge >= 0.3 is 11.9 Å². The second-order valence-corrected chi connectivity index (χ2v) is 2.52. The molecule has 0 atom stereocenters. The molecule has 2 N–H and O–H groups in total. The average molecular weight is 196 g/mol. The smallest absolute Gasteiger partial charge is 0.357 e.